The van der Waals surface area contributed by atoms with E-state index in [0.717, 1.165) is 64.8 Å². The Hall–Kier alpha value is -4.01. The molecule has 2 aliphatic heterocycles. The summed E-state index contributed by atoms with van der Waals surface area (Å²) in [4.78, 5) is 14.0. The van der Waals surface area contributed by atoms with Gasteiger partial charge in [-0.3, -0.25) is 9.69 Å². The molecule has 0 saturated carbocycles. The van der Waals surface area contributed by atoms with E-state index in [4.69, 9.17) is 28.4 Å². The highest BCUT2D eigenvalue weighted by Gasteiger charge is 2.21. The number of carbonyl (C=O) groups is 1. The van der Waals surface area contributed by atoms with Gasteiger partial charge in [-0.1, -0.05) is 37.3 Å². The third kappa shape index (κ3) is 7.43. The van der Waals surface area contributed by atoms with Gasteiger partial charge in [0.1, 0.15) is 24.2 Å². The molecule has 0 amide bonds. The first-order valence-electron chi connectivity index (χ1n) is 14.5. The van der Waals surface area contributed by atoms with Gasteiger partial charge in [0.2, 0.25) is 6.79 Å². The van der Waals surface area contributed by atoms with Gasteiger partial charge >= 0.3 is 5.97 Å². The lowest BCUT2D eigenvalue weighted by atomic mass is 9.88. The van der Waals surface area contributed by atoms with Crippen LogP contribution in [0, 0.1) is 0 Å². The molecule has 5 rings (SSSR count). The van der Waals surface area contributed by atoms with E-state index in [2.05, 4.69) is 42.2 Å². The van der Waals surface area contributed by atoms with E-state index < -0.39 is 0 Å². The quantitative estimate of drug-likeness (QED) is 0.136. The fraction of sp³-hybridized carbons (Fsp3) is 0.382. The van der Waals surface area contributed by atoms with Crippen molar-refractivity contribution < 1.29 is 33.2 Å². The number of methoxy groups -OCH3 is 1. The molecule has 3 aromatic carbocycles. The summed E-state index contributed by atoms with van der Waals surface area (Å²) in [5.74, 6) is 2.68. The second-order valence-corrected chi connectivity index (χ2v) is 10.4. The Kier molecular flexibility index (Phi) is 10.0. The predicted molar refractivity (Wildman–Crippen MR) is 161 cm³/mol. The number of allylic oxidation sites excluding steroid dienone is 1. The Morgan fingerprint density at radius 1 is 0.857 bits per heavy atom. The summed E-state index contributed by atoms with van der Waals surface area (Å²) in [7, 11) is 1.60. The van der Waals surface area contributed by atoms with E-state index in [1.807, 2.05) is 36.4 Å². The molecule has 1 unspecified atom stereocenters. The number of ether oxygens (including phenoxy) is 6. The van der Waals surface area contributed by atoms with Gasteiger partial charge in [0.15, 0.2) is 18.3 Å². The summed E-state index contributed by atoms with van der Waals surface area (Å²) in [5.41, 5.74) is 5.46. The molecule has 1 fully saturated rings. The van der Waals surface area contributed by atoms with E-state index in [9.17, 15) is 4.79 Å². The minimum absolute atomic E-state index is 0.192. The fourth-order valence-electron chi connectivity index (χ4n) is 5.49. The maximum atomic E-state index is 11.7. The maximum Gasteiger partial charge on any atom is 0.303 e. The summed E-state index contributed by atoms with van der Waals surface area (Å²) >= 11 is 0. The average Bonchev–Trinajstić information content (AvgIpc) is 3.70. The van der Waals surface area contributed by atoms with Crippen molar-refractivity contribution in [2.45, 2.75) is 39.2 Å². The first-order valence-corrected chi connectivity index (χ1v) is 14.5. The van der Waals surface area contributed by atoms with Crippen molar-refractivity contribution in [3.05, 3.63) is 83.4 Å². The number of hydrogen-bond acceptors (Lipinski definition) is 8. The zero-order chi connectivity index (χ0) is 29.3. The van der Waals surface area contributed by atoms with E-state index in [1.54, 1.807) is 7.11 Å². The van der Waals surface area contributed by atoms with Gasteiger partial charge in [0, 0.05) is 20.6 Å². The number of nitrogens with zero attached hydrogens (tertiary/aromatic N) is 1. The third-order valence-electron chi connectivity index (χ3n) is 7.43. The van der Waals surface area contributed by atoms with E-state index in [-0.39, 0.29) is 25.7 Å². The Labute approximate surface area is 247 Å². The van der Waals surface area contributed by atoms with Crippen LogP contribution in [0.5, 0.6) is 23.0 Å². The molecule has 2 aliphatic rings. The van der Waals surface area contributed by atoms with Crippen LogP contribution < -0.4 is 18.9 Å². The lowest BCUT2D eigenvalue weighted by Gasteiger charge is -2.23. The number of rotatable bonds is 13. The van der Waals surface area contributed by atoms with Crippen LogP contribution in [0.15, 0.2) is 66.7 Å². The minimum atomic E-state index is -0.313. The molecule has 8 heteroatoms. The molecule has 0 spiro atoms. The zero-order valence-corrected chi connectivity index (χ0v) is 24.6. The molecule has 1 atom stereocenters. The molecule has 0 bridgehead atoms. The molecule has 2 heterocycles. The molecular formula is C34H39NO7. The van der Waals surface area contributed by atoms with Gasteiger partial charge in [-0.15, -0.1) is 0 Å². The highest BCUT2D eigenvalue weighted by Crippen LogP contribution is 2.40. The minimum Gasteiger partial charge on any atom is -0.490 e. The van der Waals surface area contributed by atoms with Gasteiger partial charge in [-0.25, -0.2) is 0 Å². The number of carbonyl (C=O) groups excluding carboxylic acids is 1. The maximum absolute atomic E-state index is 11.7. The number of likely N-dealkylation sites (tertiary alicyclic amines) is 1. The van der Waals surface area contributed by atoms with E-state index >= 15 is 0 Å². The summed E-state index contributed by atoms with van der Waals surface area (Å²) in [6.45, 7) is 7.08. The number of esters is 1. The van der Waals surface area contributed by atoms with E-state index in [1.165, 1.54) is 25.3 Å². The topological polar surface area (TPSA) is 75.7 Å². The second-order valence-electron chi connectivity index (χ2n) is 10.4. The van der Waals surface area contributed by atoms with Gasteiger partial charge in [0.05, 0.1) is 0 Å². The van der Waals surface area contributed by atoms with Crippen molar-refractivity contribution in [2.24, 2.45) is 0 Å². The normalized spacial score (nSPS) is 15.7. The van der Waals surface area contributed by atoms with Gasteiger partial charge in [-0.2, -0.15) is 0 Å². The van der Waals surface area contributed by atoms with Crippen LogP contribution in [0.3, 0.4) is 0 Å². The average molecular weight is 574 g/mol. The highest BCUT2D eigenvalue weighted by molar-refractivity contribution is 5.99. The van der Waals surface area contributed by atoms with Crippen molar-refractivity contribution in [3.63, 3.8) is 0 Å². The molecular weight excluding hydrogens is 534 g/mol. The highest BCUT2D eigenvalue weighted by atomic mass is 16.7. The predicted octanol–water partition coefficient (Wildman–Crippen LogP) is 6.17. The van der Waals surface area contributed by atoms with Crippen LogP contribution in [-0.4, -0.2) is 63.9 Å². The molecule has 0 radical (unpaired) electrons. The van der Waals surface area contributed by atoms with Crippen LogP contribution in [0.4, 0.5) is 0 Å². The van der Waals surface area contributed by atoms with Crippen molar-refractivity contribution in [3.8, 4) is 23.0 Å². The van der Waals surface area contributed by atoms with Gasteiger partial charge < -0.3 is 28.4 Å². The second kappa shape index (κ2) is 14.2. The van der Waals surface area contributed by atoms with Gasteiger partial charge in [0.25, 0.3) is 0 Å². The standard InChI is InChI=1S/C34H39NO7/c1-4-31(27-11-16-32-33(19-27)41-23-40-32)34(26-9-14-29(15-10-26)39-22-37-3)25-7-12-28(13-8-25)38-21-30(42-24(2)36)20-35-17-5-6-18-35/h7-16,19,30H,4-6,17-18,20-23H2,1-3H3. The van der Waals surface area contributed by atoms with Gasteiger partial charge in [-0.05, 0) is 96.6 Å². The number of hydrogen-bond donors (Lipinski definition) is 0. The molecule has 0 aromatic heterocycles. The van der Waals surface area contributed by atoms with Crippen molar-refractivity contribution in [1.82, 2.24) is 4.90 Å². The van der Waals surface area contributed by atoms with Crippen LogP contribution in [0.2, 0.25) is 0 Å². The lowest BCUT2D eigenvalue weighted by Crippen LogP contribution is -2.36. The largest absolute Gasteiger partial charge is 0.490 e. The van der Waals surface area contributed by atoms with Crippen molar-refractivity contribution >= 4 is 17.1 Å². The Bertz CT molecular complexity index is 1360. The zero-order valence-electron chi connectivity index (χ0n) is 24.6. The summed E-state index contributed by atoms with van der Waals surface area (Å²) in [5, 5.41) is 0. The SMILES string of the molecule is CCC(=C(c1ccc(OCOC)cc1)c1ccc(OCC(CN2CCCC2)OC(C)=O)cc1)c1ccc2c(c1)OCO2. The molecule has 222 valence electrons. The molecule has 8 nitrogen and oxygen atoms in total. The fourth-order valence-corrected chi connectivity index (χ4v) is 5.49. The van der Waals surface area contributed by atoms with Crippen LogP contribution in [0.1, 0.15) is 49.8 Å². The van der Waals surface area contributed by atoms with Crippen LogP contribution >= 0.6 is 0 Å². The molecule has 1 saturated heterocycles. The lowest BCUT2D eigenvalue weighted by molar-refractivity contribution is -0.148. The first kappa shape index (κ1) is 29.5. The Morgan fingerprint density at radius 3 is 2.10 bits per heavy atom. The third-order valence-corrected chi connectivity index (χ3v) is 7.43. The van der Waals surface area contributed by atoms with Crippen molar-refractivity contribution in [1.29, 1.82) is 0 Å². The molecule has 0 aliphatic carbocycles. The summed E-state index contributed by atoms with van der Waals surface area (Å²) in [6, 6.07) is 22.2. The van der Waals surface area contributed by atoms with Crippen molar-refractivity contribution in [2.75, 3.05) is 46.9 Å². The molecule has 42 heavy (non-hydrogen) atoms. The monoisotopic (exact) mass is 573 g/mol. The Morgan fingerprint density at radius 2 is 1.48 bits per heavy atom. The van der Waals surface area contributed by atoms with Crippen LogP contribution in [-0.2, 0) is 14.3 Å². The molecule has 3 aromatic rings. The first-order chi connectivity index (χ1) is 20.5. The smallest absolute Gasteiger partial charge is 0.303 e. The number of benzene rings is 3. The van der Waals surface area contributed by atoms with Crippen LogP contribution in [0.25, 0.3) is 11.1 Å². The van der Waals surface area contributed by atoms with E-state index in [0.29, 0.717) is 13.2 Å². The molecule has 0 N–H and O–H groups in total. The summed E-state index contributed by atoms with van der Waals surface area (Å²) < 4.78 is 33.6. The summed E-state index contributed by atoms with van der Waals surface area (Å²) in [6.07, 6.45) is 2.85. The Balaban J connectivity index is 1.42. The number of fused-ring (bicyclic) bond motifs is 1.